The van der Waals surface area contributed by atoms with E-state index in [0.717, 1.165) is 12.2 Å². The maximum atomic E-state index is 12.4. The van der Waals surface area contributed by atoms with Crippen molar-refractivity contribution >= 4 is 36.4 Å². The lowest BCUT2D eigenvalue weighted by molar-refractivity contribution is -0.119. The van der Waals surface area contributed by atoms with Crippen LogP contribution in [0.4, 0.5) is 5.69 Å². The molecule has 1 aliphatic heterocycles. The molecule has 4 nitrogen and oxygen atoms in total. The topological polar surface area (TPSA) is 54.0 Å². The summed E-state index contributed by atoms with van der Waals surface area (Å²) in [5.41, 5.74) is 1.96. The minimum atomic E-state index is -0.0439. The Balaban J connectivity index is 0.00000121. The Hall–Kier alpha value is -1.62. The summed E-state index contributed by atoms with van der Waals surface area (Å²) in [4.78, 5) is 16.4. The van der Waals surface area contributed by atoms with E-state index >= 15 is 0 Å². The first-order valence-corrected chi connectivity index (χ1v) is 6.81. The van der Waals surface area contributed by atoms with Crippen molar-refractivity contribution < 1.29 is 4.79 Å². The van der Waals surface area contributed by atoms with E-state index in [0.29, 0.717) is 6.54 Å². The maximum Gasteiger partial charge on any atom is 0.229 e. The zero-order valence-electron chi connectivity index (χ0n) is 11.9. The molecule has 2 heterocycles. The maximum absolute atomic E-state index is 12.4. The summed E-state index contributed by atoms with van der Waals surface area (Å²) in [6, 6.07) is 13.9. The van der Waals surface area contributed by atoms with E-state index in [9.17, 15) is 4.79 Å². The summed E-state index contributed by atoms with van der Waals surface area (Å²) in [7, 11) is 0. The molecule has 2 N–H and O–H groups in total. The number of anilines is 1. The molecule has 1 aromatic heterocycles. The quantitative estimate of drug-likeness (QED) is 0.903. The standard InChI is InChI=1S/C16H17N3O.2ClH/c20-16(19-13-7-4-8-17-9-13)15-11-18-10-14(15)12-5-2-1-3-6-12;;/h1-9,14-15,18H,10-11H2,(H,19,20);2*1H. The van der Waals surface area contributed by atoms with E-state index in [-0.39, 0.29) is 42.6 Å². The Morgan fingerprint density at radius 1 is 1.09 bits per heavy atom. The molecular weight excluding hydrogens is 321 g/mol. The van der Waals surface area contributed by atoms with Crippen LogP contribution in [0, 0.1) is 5.92 Å². The molecule has 1 fully saturated rings. The molecule has 0 radical (unpaired) electrons. The first-order valence-electron chi connectivity index (χ1n) is 6.81. The number of nitrogens with zero attached hydrogens (tertiary/aromatic N) is 1. The highest BCUT2D eigenvalue weighted by Crippen LogP contribution is 2.28. The number of amides is 1. The van der Waals surface area contributed by atoms with Gasteiger partial charge in [-0.15, -0.1) is 24.8 Å². The molecule has 1 aliphatic rings. The lowest BCUT2D eigenvalue weighted by Gasteiger charge is -2.18. The van der Waals surface area contributed by atoms with Crippen LogP contribution in [0.5, 0.6) is 0 Å². The van der Waals surface area contributed by atoms with Gasteiger partial charge in [-0.05, 0) is 17.7 Å². The van der Waals surface area contributed by atoms with Crippen molar-refractivity contribution in [1.82, 2.24) is 10.3 Å². The molecular formula is C16H19Cl2N3O. The molecule has 3 rings (SSSR count). The molecule has 0 saturated carbocycles. The smallest absolute Gasteiger partial charge is 0.229 e. The van der Waals surface area contributed by atoms with Crippen LogP contribution in [-0.2, 0) is 4.79 Å². The average Bonchev–Trinajstić information content (AvgIpc) is 2.99. The second-order valence-corrected chi connectivity index (χ2v) is 5.01. The second kappa shape index (κ2) is 8.73. The summed E-state index contributed by atoms with van der Waals surface area (Å²) in [6.07, 6.45) is 3.36. The van der Waals surface area contributed by atoms with Gasteiger partial charge in [0.2, 0.25) is 5.91 Å². The van der Waals surface area contributed by atoms with E-state index in [1.54, 1.807) is 12.4 Å². The first kappa shape index (κ1) is 18.4. The highest BCUT2D eigenvalue weighted by Gasteiger charge is 2.33. The van der Waals surface area contributed by atoms with Crippen LogP contribution in [0.15, 0.2) is 54.9 Å². The highest BCUT2D eigenvalue weighted by atomic mass is 35.5. The van der Waals surface area contributed by atoms with Gasteiger partial charge in [-0.3, -0.25) is 9.78 Å². The van der Waals surface area contributed by atoms with Crippen LogP contribution in [-0.4, -0.2) is 24.0 Å². The number of carbonyl (C=O) groups is 1. The summed E-state index contributed by atoms with van der Waals surface area (Å²) >= 11 is 0. The second-order valence-electron chi connectivity index (χ2n) is 5.01. The van der Waals surface area contributed by atoms with Crippen molar-refractivity contribution in [3.05, 3.63) is 60.4 Å². The van der Waals surface area contributed by atoms with Gasteiger partial charge in [0.05, 0.1) is 17.8 Å². The molecule has 2 atom stereocenters. The normalized spacial score (nSPS) is 19.6. The Kier molecular flexibility index (Phi) is 7.32. The summed E-state index contributed by atoms with van der Waals surface area (Å²) in [5, 5.41) is 6.25. The molecule has 1 amide bonds. The Morgan fingerprint density at radius 2 is 1.86 bits per heavy atom. The minimum absolute atomic E-state index is 0. The van der Waals surface area contributed by atoms with Crippen LogP contribution < -0.4 is 10.6 Å². The van der Waals surface area contributed by atoms with E-state index in [4.69, 9.17) is 0 Å². The third-order valence-electron chi connectivity index (χ3n) is 3.71. The van der Waals surface area contributed by atoms with Crippen molar-refractivity contribution in [3.63, 3.8) is 0 Å². The Morgan fingerprint density at radius 3 is 2.55 bits per heavy atom. The molecule has 0 spiro atoms. The minimum Gasteiger partial charge on any atom is -0.324 e. The van der Waals surface area contributed by atoms with Crippen LogP contribution in [0.3, 0.4) is 0 Å². The molecule has 0 aliphatic carbocycles. The number of hydrogen-bond donors (Lipinski definition) is 2. The van der Waals surface area contributed by atoms with Crippen LogP contribution in [0.25, 0.3) is 0 Å². The van der Waals surface area contributed by atoms with Crippen molar-refractivity contribution in [2.24, 2.45) is 5.92 Å². The molecule has 2 unspecified atom stereocenters. The fourth-order valence-electron chi connectivity index (χ4n) is 2.68. The summed E-state index contributed by atoms with van der Waals surface area (Å²) in [5.74, 6) is 0.238. The SMILES string of the molecule is Cl.Cl.O=C(Nc1cccnc1)C1CNCC1c1ccccc1. The average molecular weight is 340 g/mol. The van der Waals surface area contributed by atoms with Gasteiger partial charge in [-0.25, -0.2) is 0 Å². The predicted octanol–water partition coefficient (Wildman–Crippen LogP) is 2.87. The number of benzene rings is 1. The molecule has 118 valence electrons. The van der Waals surface area contributed by atoms with E-state index in [1.165, 1.54) is 5.56 Å². The van der Waals surface area contributed by atoms with Gasteiger partial charge in [-0.2, -0.15) is 0 Å². The van der Waals surface area contributed by atoms with Gasteiger partial charge in [0.1, 0.15) is 0 Å². The van der Waals surface area contributed by atoms with Gasteiger partial charge in [0.25, 0.3) is 0 Å². The largest absolute Gasteiger partial charge is 0.324 e. The number of carbonyl (C=O) groups excluding carboxylic acids is 1. The molecule has 22 heavy (non-hydrogen) atoms. The first-order chi connectivity index (χ1) is 9.84. The molecule has 1 saturated heterocycles. The molecule has 0 bridgehead atoms. The summed E-state index contributed by atoms with van der Waals surface area (Å²) in [6.45, 7) is 1.56. The van der Waals surface area contributed by atoms with E-state index in [1.807, 2.05) is 30.3 Å². The van der Waals surface area contributed by atoms with Crippen LogP contribution in [0.2, 0.25) is 0 Å². The van der Waals surface area contributed by atoms with Gasteiger partial charge in [0, 0.05) is 25.2 Å². The molecule has 1 aromatic carbocycles. The van der Waals surface area contributed by atoms with Crippen LogP contribution in [0.1, 0.15) is 11.5 Å². The number of aromatic nitrogens is 1. The lowest BCUT2D eigenvalue weighted by Crippen LogP contribution is -2.28. The Bertz CT molecular complexity index is 580. The van der Waals surface area contributed by atoms with Crippen LogP contribution >= 0.6 is 24.8 Å². The fourth-order valence-corrected chi connectivity index (χ4v) is 2.68. The monoisotopic (exact) mass is 339 g/mol. The number of pyridine rings is 1. The van der Waals surface area contributed by atoms with Gasteiger partial charge in [-0.1, -0.05) is 30.3 Å². The summed E-state index contributed by atoms with van der Waals surface area (Å²) < 4.78 is 0. The van der Waals surface area contributed by atoms with Crippen molar-refractivity contribution in [2.75, 3.05) is 18.4 Å². The molecule has 2 aromatic rings. The number of nitrogens with one attached hydrogen (secondary N) is 2. The Labute approximate surface area is 142 Å². The van der Waals surface area contributed by atoms with E-state index < -0.39 is 0 Å². The third-order valence-corrected chi connectivity index (χ3v) is 3.71. The fraction of sp³-hybridized carbons (Fsp3) is 0.250. The number of halogens is 2. The van der Waals surface area contributed by atoms with Crippen molar-refractivity contribution in [1.29, 1.82) is 0 Å². The van der Waals surface area contributed by atoms with Gasteiger partial charge >= 0.3 is 0 Å². The molecule has 6 heteroatoms. The van der Waals surface area contributed by atoms with Crippen molar-refractivity contribution in [2.45, 2.75) is 5.92 Å². The van der Waals surface area contributed by atoms with Gasteiger partial charge < -0.3 is 10.6 Å². The van der Waals surface area contributed by atoms with E-state index in [2.05, 4.69) is 27.8 Å². The lowest BCUT2D eigenvalue weighted by atomic mass is 9.88. The zero-order chi connectivity index (χ0) is 13.8. The third kappa shape index (κ3) is 4.19. The van der Waals surface area contributed by atoms with Gasteiger partial charge in [0.15, 0.2) is 0 Å². The number of rotatable bonds is 3. The zero-order valence-corrected chi connectivity index (χ0v) is 13.6. The highest BCUT2D eigenvalue weighted by molar-refractivity contribution is 5.93. The predicted molar refractivity (Wildman–Crippen MR) is 92.9 cm³/mol. The van der Waals surface area contributed by atoms with Crippen molar-refractivity contribution in [3.8, 4) is 0 Å². The number of hydrogen-bond acceptors (Lipinski definition) is 3.